The number of hydrogen-bond acceptors (Lipinski definition) is 1. The first-order valence-corrected chi connectivity index (χ1v) is 6.76. The maximum Gasteiger partial charge on any atom is 0.130 e. The number of rotatable bonds is 0. The molecule has 0 amide bonds. The van der Waals surface area contributed by atoms with Gasteiger partial charge in [-0.2, -0.15) is 0 Å². The van der Waals surface area contributed by atoms with Gasteiger partial charge in [-0.3, -0.25) is 0 Å². The first-order valence-electron chi connectivity index (χ1n) is 3.26. The van der Waals surface area contributed by atoms with Gasteiger partial charge in [0.2, 0.25) is 0 Å². The summed E-state index contributed by atoms with van der Waals surface area (Å²) in [6.07, 6.45) is 0. The largest absolute Gasteiger partial charge is 0.320 e. The van der Waals surface area contributed by atoms with Crippen molar-refractivity contribution in [3.63, 3.8) is 0 Å². The van der Waals surface area contributed by atoms with Crippen LogP contribution < -0.4 is 5.73 Å². The molecule has 0 spiro atoms. The molecule has 0 rings (SSSR count). The second kappa shape index (κ2) is 4.17. The van der Waals surface area contributed by atoms with E-state index in [9.17, 15) is 0 Å². The van der Waals surface area contributed by atoms with Crippen molar-refractivity contribution in [2.75, 3.05) is 6.54 Å². The Labute approximate surface area is 64.0 Å². The van der Waals surface area contributed by atoms with E-state index in [0.29, 0.717) is 6.54 Å². The molecule has 0 unspecified atom stereocenters. The second-order valence-electron chi connectivity index (χ2n) is 3.01. The maximum atomic E-state index is 5.15. The van der Waals surface area contributed by atoms with Gasteiger partial charge >= 0.3 is 0 Å². The van der Waals surface area contributed by atoms with E-state index in [1.54, 1.807) is 0 Å². The summed E-state index contributed by atoms with van der Waals surface area (Å²) in [6.45, 7) is 6.96. The molecular weight excluding hydrogens is 138 g/mol. The monoisotopic (exact) mass is 151 g/mol. The van der Waals surface area contributed by atoms with Crippen molar-refractivity contribution >= 4 is 8.07 Å². The standard InChI is InChI=1S/C8H13NSi/c1-10(2,3)8-6-4-5-7-9/h7,9H2,1-3H3. The average Bonchev–Trinajstić information content (AvgIpc) is 1.78. The Balaban J connectivity index is 3.93. The van der Waals surface area contributed by atoms with Crippen LogP contribution in [0.5, 0.6) is 0 Å². The summed E-state index contributed by atoms with van der Waals surface area (Å²) in [5, 5.41) is 0. The van der Waals surface area contributed by atoms with Crippen LogP contribution in [0.3, 0.4) is 0 Å². The second-order valence-corrected chi connectivity index (χ2v) is 7.76. The normalized spacial score (nSPS) is 8.80. The fourth-order valence-corrected chi connectivity index (χ4v) is 0.751. The lowest BCUT2D eigenvalue weighted by atomic mass is 10.6. The minimum Gasteiger partial charge on any atom is -0.320 e. The third kappa shape index (κ3) is 7.30. The van der Waals surface area contributed by atoms with Gasteiger partial charge in [-0.05, 0) is 11.8 Å². The van der Waals surface area contributed by atoms with E-state index in [4.69, 9.17) is 5.73 Å². The summed E-state index contributed by atoms with van der Waals surface area (Å²) in [6, 6.07) is 0. The lowest BCUT2D eigenvalue weighted by molar-refractivity contribution is 1.30. The Bertz CT molecular complexity index is 203. The zero-order chi connectivity index (χ0) is 8.04. The highest BCUT2D eigenvalue weighted by Gasteiger charge is 2.06. The Morgan fingerprint density at radius 1 is 1.20 bits per heavy atom. The van der Waals surface area contributed by atoms with Gasteiger partial charge in [-0.25, -0.2) is 0 Å². The molecule has 54 valence electrons. The lowest BCUT2D eigenvalue weighted by Crippen LogP contribution is -2.16. The highest BCUT2D eigenvalue weighted by molar-refractivity contribution is 6.83. The van der Waals surface area contributed by atoms with E-state index in [1.165, 1.54) is 0 Å². The molecule has 0 saturated carbocycles. The summed E-state index contributed by atoms with van der Waals surface area (Å²) in [7, 11) is -1.21. The third-order valence-corrected chi connectivity index (χ3v) is 1.57. The third-order valence-electron chi connectivity index (χ3n) is 0.690. The Morgan fingerprint density at radius 3 is 2.20 bits per heavy atom. The van der Waals surface area contributed by atoms with Gasteiger partial charge in [-0.1, -0.05) is 25.6 Å². The highest BCUT2D eigenvalue weighted by Crippen LogP contribution is 1.95. The van der Waals surface area contributed by atoms with Crippen molar-refractivity contribution in [3.8, 4) is 23.3 Å². The highest BCUT2D eigenvalue weighted by atomic mass is 28.3. The fraction of sp³-hybridized carbons (Fsp3) is 0.500. The lowest BCUT2D eigenvalue weighted by Gasteiger charge is -2.01. The molecule has 0 aromatic carbocycles. The van der Waals surface area contributed by atoms with E-state index in [0.717, 1.165) is 0 Å². The molecule has 10 heavy (non-hydrogen) atoms. The van der Waals surface area contributed by atoms with Gasteiger partial charge in [0.25, 0.3) is 0 Å². The molecule has 0 aliphatic rings. The average molecular weight is 151 g/mol. The molecule has 0 aliphatic heterocycles. The van der Waals surface area contributed by atoms with Crippen LogP contribution in [0.4, 0.5) is 0 Å². The van der Waals surface area contributed by atoms with Crippen molar-refractivity contribution in [1.82, 2.24) is 0 Å². The molecule has 0 bridgehead atoms. The van der Waals surface area contributed by atoms with Crippen molar-refractivity contribution in [2.45, 2.75) is 19.6 Å². The molecule has 0 aromatic rings. The fourth-order valence-electron chi connectivity index (χ4n) is 0.314. The molecule has 0 aliphatic carbocycles. The van der Waals surface area contributed by atoms with E-state index >= 15 is 0 Å². The number of hydrogen-bond donors (Lipinski definition) is 1. The van der Waals surface area contributed by atoms with Crippen LogP contribution in [-0.4, -0.2) is 14.6 Å². The summed E-state index contributed by atoms with van der Waals surface area (Å²) in [5.74, 6) is 8.18. The Kier molecular flexibility index (Phi) is 3.87. The van der Waals surface area contributed by atoms with E-state index in [-0.39, 0.29) is 0 Å². The smallest absolute Gasteiger partial charge is 0.130 e. The summed E-state index contributed by atoms with van der Waals surface area (Å²) < 4.78 is 0. The topological polar surface area (TPSA) is 26.0 Å². The molecule has 2 N–H and O–H groups in total. The van der Waals surface area contributed by atoms with Gasteiger partial charge in [0.05, 0.1) is 6.54 Å². The molecular formula is C8H13NSi. The molecule has 1 nitrogen and oxygen atoms in total. The van der Waals surface area contributed by atoms with Crippen LogP contribution in [0.1, 0.15) is 0 Å². The molecule has 0 saturated heterocycles. The molecule has 0 aromatic heterocycles. The molecule has 0 heterocycles. The molecule has 0 fully saturated rings. The Morgan fingerprint density at radius 2 is 1.80 bits per heavy atom. The van der Waals surface area contributed by atoms with Gasteiger partial charge < -0.3 is 5.73 Å². The summed E-state index contributed by atoms with van der Waals surface area (Å²) in [4.78, 5) is 0. The van der Waals surface area contributed by atoms with E-state index < -0.39 is 8.07 Å². The quantitative estimate of drug-likeness (QED) is 0.403. The minimum absolute atomic E-state index is 0.403. The molecule has 0 atom stereocenters. The Hall–Kier alpha value is -0.703. The SMILES string of the molecule is C[Si](C)(C)C#CC#CCN. The van der Waals surface area contributed by atoms with E-state index in [1.807, 2.05) is 0 Å². The first kappa shape index (κ1) is 9.30. The predicted octanol–water partition coefficient (Wildman–Crippen LogP) is 0.829. The van der Waals surface area contributed by atoms with Crippen molar-refractivity contribution in [2.24, 2.45) is 5.73 Å². The van der Waals surface area contributed by atoms with Gasteiger partial charge in [0.15, 0.2) is 0 Å². The van der Waals surface area contributed by atoms with Crippen molar-refractivity contribution < 1.29 is 0 Å². The zero-order valence-corrected chi connectivity index (χ0v) is 7.78. The predicted molar refractivity (Wildman–Crippen MR) is 48.0 cm³/mol. The molecule has 2 heteroatoms. The van der Waals surface area contributed by atoms with Gasteiger partial charge in [0, 0.05) is 0 Å². The van der Waals surface area contributed by atoms with Crippen LogP contribution in [-0.2, 0) is 0 Å². The summed E-state index contributed by atoms with van der Waals surface area (Å²) in [5.41, 5.74) is 8.26. The number of nitrogens with two attached hydrogens (primary N) is 1. The molecule has 0 radical (unpaired) electrons. The van der Waals surface area contributed by atoms with Crippen molar-refractivity contribution in [1.29, 1.82) is 0 Å². The van der Waals surface area contributed by atoms with Crippen molar-refractivity contribution in [3.05, 3.63) is 0 Å². The van der Waals surface area contributed by atoms with Crippen LogP contribution in [0.2, 0.25) is 19.6 Å². The first-order chi connectivity index (χ1) is 4.56. The van der Waals surface area contributed by atoms with E-state index in [2.05, 4.69) is 42.9 Å². The minimum atomic E-state index is -1.21. The van der Waals surface area contributed by atoms with Crippen LogP contribution in [0.15, 0.2) is 0 Å². The van der Waals surface area contributed by atoms with Crippen LogP contribution >= 0.6 is 0 Å². The van der Waals surface area contributed by atoms with Gasteiger partial charge in [0.1, 0.15) is 8.07 Å². The van der Waals surface area contributed by atoms with Gasteiger partial charge in [-0.15, -0.1) is 5.54 Å². The maximum absolute atomic E-state index is 5.15. The zero-order valence-electron chi connectivity index (χ0n) is 6.78. The van der Waals surface area contributed by atoms with Crippen LogP contribution in [0.25, 0.3) is 0 Å². The summed E-state index contributed by atoms with van der Waals surface area (Å²) >= 11 is 0. The van der Waals surface area contributed by atoms with Crippen LogP contribution in [0, 0.1) is 23.3 Å².